The van der Waals surface area contributed by atoms with Crippen molar-refractivity contribution in [3.8, 4) is 0 Å². The summed E-state index contributed by atoms with van der Waals surface area (Å²) in [6.07, 6.45) is 0.995. The third-order valence-electron chi connectivity index (χ3n) is 2.59. The lowest BCUT2D eigenvalue weighted by molar-refractivity contribution is -0.116. The van der Waals surface area contributed by atoms with Gasteiger partial charge in [-0.3, -0.25) is 9.00 Å². The summed E-state index contributed by atoms with van der Waals surface area (Å²) in [4.78, 5) is 11.7. The molecule has 0 aliphatic heterocycles. The van der Waals surface area contributed by atoms with Crippen molar-refractivity contribution in [2.75, 3.05) is 16.8 Å². The van der Waals surface area contributed by atoms with E-state index in [1.807, 2.05) is 20.8 Å². The fourth-order valence-electron chi connectivity index (χ4n) is 1.51. The zero-order valence-electron chi connectivity index (χ0n) is 11.7. The number of rotatable bonds is 5. The first-order valence-corrected chi connectivity index (χ1v) is 7.65. The molecule has 0 radical (unpaired) electrons. The Bertz CT molecular complexity index is 467. The summed E-state index contributed by atoms with van der Waals surface area (Å²) in [5, 5.41) is 2.78. The number of amides is 1. The number of anilines is 2. The molecule has 0 heterocycles. The van der Waals surface area contributed by atoms with Crippen LogP contribution in [0.25, 0.3) is 0 Å². The van der Waals surface area contributed by atoms with Crippen molar-refractivity contribution in [3.05, 3.63) is 24.3 Å². The highest BCUT2D eigenvalue weighted by Gasteiger charge is 2.18. The second-order valence-corrected chi connectivity index (χ2v) is 7.76. The van der Waals surface area contributed by atoms with Crippen molar-refractivity contribution in [3.63, 3.8) is 0 Å². The Morgan fingerprint density at radius 2 is 2.05 bits per heavy atom. The van der Waals surface area contributed by atoms with Gasteiger partial charge in [-0.05, 0) is 45.4 Å². The van der Waals surface area contributed by atoms with Crippen LogP contribution in [-0.4, -0.2) is 20.6 Å². The van der Waals surface area contributed by atoms with E-state index in [0.29, 0.717) is 30.0 Å². The van der Waals surface area contributed by atoms with Gasteiger partial charge in [-0.1, -0.05) is 6.07 Å². The molecule has 1 amide bonds. The molecule has 1 aromatic carbocycles. The van der Waals surface area contributed by atoms with E-state index >= 15 is 0 Å². The Hall–Kier alpha value is -1.36. The average molecular weight is 282 g/mol. The lowest BCUT2D eigenvalue weighted by Crippen LogP contribution is -2.24. The van der Waals surface area contributed by atoms with E-state index in [2.05, 4.69) is 5.32 Å². The number of nitrogen functional groups attached to an aromatic ring is 1. The van der Waals surface area contributed by atoms with Gasteiger partial charge in [0, 0.05) is 39.1 Å². The molecule has 3 N–H and O–H groups in total. The molecular formula is C14H22N2O2S. The summed E-state index contributed by atoms with van der Waals surface area (Å²) in [6.45, 7) is 5.82. The molecular weight excluding hydrogens is 260 g/mol. The van der Waals surface area contributed by atoms with E-state index in [-0.39, 0.29) is 10.7 Å². The first-order chi connectivity index (χ1) is 8.79. The molecule has 0 spiro atoms. The van der Waals surface area contributed by atoms with E-state index in [0.717, 1.165) is 0 Å². The fraction of sp³-hybridized carbons (Fsp3) is 0.500. The van der Waals surface area contributed by atoms with Crippen LogP contribution in [0.4, 0.5) is 11.4 Å². The van der Waals surface area contributed by atoms with Gasteiger partial charge in [0.2, 0.25) is 5.91 Å². The summed E-state index contributed by atoms with van der Waals surface area (Å²) in [5.74, 6) is 0.477. The standard InChI is InChI=1S/C14H22N2O2S/c1-14(2,3)19(18)9-5-8-13(17)16-12-7-4-6-11(15)10-12/h4,6-7,10H,5,8-9,15H2,1-3H3,(H,16,17). The van der Waals surface area contributed by atoms with Crippen LogP contribution in [-0.2, 0) is 15.6 Å². The molecule has 5 heteroatoms. The van der Waals surface area contributed by atoms with Gasteiger partial charge in [-0.25, -0.2) is 0 Å². The van der Waals surface area contributed by atoms with E-state index in [1.54, 1.807) is 24.3 Å². The summed E-state index contributed by atoms with van der Waals surface area (Å²) in [5.41, 5.74) is 6.94. The first-order valence-electron chi connectivity index (χ1n) is 6.33. The molecule has 0 aliphatic rings. The zero-order valence-corrected chi connectivity index (χ0v) is 12.5. The smallest absolute Gasteiger partial charge is 0.224 e. The van der Waals surface area contributed by atoms with Crippen molar-refractivity contribution >= 4 is 28.1 Å². The molecule has 1 rings (SSSR count). The van der Waals surface area contributed by atoms with Crippen LogP contribution in [0.2, 0.25) is 0 Å². The minimum Gasteiger partial charge on any atom is -0.399 e. The van der Waals surface area contributed by atoms with Gasteiger partial charge < -0.3 is 11.1 Å². The Balaban J connectivity index is 2.35. The van der Waals surface area contributed by atoms with Crippen molar-refractivity contribution in [2.24, 2.45) is 0 Å². The molecule has 0 aliphatic carbocycles. The molecule has 1 aromatic rings. The SMILES string of the molecule is CC(C)(C)S(=O)CCCC(=O)Nc1cccc(N)c1. The Kier molecular flexibility index (Phi) is 5.54. The molecule has 0 saturated carbocycles. The van der Waals surface area contributed by atoms with Crippen molar-refractivity contribution < 1.29 is 9.00 Å². The molecule has 19 heavy (non-hydrogen) atoms. The number of hydrogen-bond acceptors (Lipinski definition) is 3. The van der Waals surface area contributed by atoms with Gasteiger partial charge in [-0.2, -0.15) is 0 Å². The van der Waals surface area contributed by atoms with Crippen LogP contribution in [0.1, 0.15) is 33.6 Å². The maximum Gasteiger partial charge on any atom is 0.224 e. The predicted octanol–water partition coefficient (Wildman–Crippen LogP) is 2.53. The highest BCUT2D eigenvalue weighted by molar-refractivity contribution is 7.86. The highest BCUT2D eigenvalue weighted by Crippen LogP contribution is 2.14. The quantitative estimate of drug-likeness (QED) is 0.815. The van der Waals surface area contributed by atoms with Crippen LogP contribution >= 0.6 is 0 Å². The summed E-state index contributed by atoms with van der Waals surface area (Å²) >= 11 is 0. The van der Waals surface area contributed by atoms with Gasteiger partial charge in [-0.15, -0.1) is 0 Å². The Labute approximate surface area is 117 Å². The fourth-order valence-corrected chi connectivity index (χ4v) is 2.53. The van der Waals surface area contributed by atoms with Crippen molar-refractivity contribution in [2.45, 2.75) is 38.4 Å². The van der Waals surface area contributed by atoms with Crippen LogP contribution in [0.15, 0.2) is 24.3 Å². The molecule has 1 atom stereocenters. The average Bonchev–Trinajstić information content (AvgIpc) is 2.27. The van der Waals surface area contributed by atoms with E-state index in [4.69, 9.17) is 5.73 Å². The van der Waals surface area contributed by atoms with Crippen LogP contribution in [0, 0.1) is 0 Å². The van der Waals surface area contributed by atoms with Crippen LogP contribution in [0.3, 0.4) is 0 Å². The molecule has 0 aromatic heterocycles. The number of hydrogen-bond donors (Lipinski definition) is 2. The van der Waals surface area contributed by atoms with Crippen LogP contribution in [0.5, 0.6) is 0 Å². The van der Waals surface area contributed by atoms with Gasteiger partial charge in [0.15, 0.2) is 0 Å². The van der Waals surface area contributed by atoms with Gasteiger partial charge in [0.05, 0.1) is 0 Å². The second-order valence-electron chi connectivity index (χ2n) is 5.44. The van der Waals surface area contributed by atoms with E-state index in [1.165, 1.54) is 0 Å². The van der Waals surface area contributed by atoms with Crippen LogP contribution < -0.4 is 11.1 Å². The van der Waals surface area contributed by atoms with E-state index in [9.17, 15) is 9.00 Å². The maximum atomic E-state index is 11.8. The largest absolute Gasteiger partial charge is 0.399 e. The molecule has 0 bridgehead atoms. The molecule has 0 saturated heterocycles. The zero-order chi connectivity index (χ0) is 14.5. The normalized spacial score (nSPS) is 13.0. The lowest BCUT2D eigenvalue weighted by Gasteiger charge is -2.17. The van der Waals surface area contributed by atoms with Crippen molar-refractivity contribution in [1.82, 2.24) is 0 Å². The predicted molar refractivity (Wildman–Crippen MR) is 81.5 cm³/mol. The minimum absolute atomic E-state index is 0.0727. The topological polar surface area (TPSA) is 72.2 Å². The number of nitrogens with two attached hydrogens (primary N) is 1. The molecule has 1 unspecified atom stereocenters. The first kappa shape index (κ1) is 15.7. The van der Waals surface area contributed by atoms with Crippen molar-refractivity contribution in [1.29, 1.82) is 0 Å². The molecule has 106 valence electrons. The maximum absolute atomic E-state index is 11.8. The van der Waals surface area contributed by atoms with E-state index < -0.39 is 10.8 Å². The third kappa shape index (κ3) is 5.87. The van der Waals surface area contributed by atoms with Gasteiger partial charge >= 0.3 is 0 Å². The Morgan fingerprint density at radius 1 is 1.37 bits per heavy atom. The second kappa shape index (κ2) is 6.70. The lowest BCUT2D eigenvalue weighted by atomic mass is 10.2. The summed E-state index contributed by atoms with van der Waals surface area (Å²) in [7, 11) is -0.904. The molecule has 4 nitrogen and oxygen atoms in total. The molecule has 0 fully saturated rings. The summed E-state index contributed by atoms with van der Waals surface area (Å²) < 4.78 is 11.6. The minimum atomic E-state index is -0.904. The van der Waals surface area contributed by atoms with Gasteiger partial charge in [0.25, 0.3) is 0 Å². The number of carbonyl (C=O) groups excluding carboxylic acids is 1. The summed E-state index contributed by atoms with van der Waals surface area (Å²) in [6, 6.07) is 7.06. The Morgan fingerprint density at radius 3 is 2.63 bits per heavy atom. The number of carbonyl (C=O) groups is 1. The monoisotopic (exact) mass is 282 g/mol. The van der Waals surface area contributed by atoms with Gasteiger partial charge in [0.1, 0.15) is 0 Å². The highest BCUT2D eigenvalue weighted by atomic mass is 32.2. The number of nitrogens with one attached hydrogen (secondary N) is 1. The third-order valence-corrected chi connectivity index (χ3v) is 4.61. The number of benzene rings is 1.